The summed E-state index contributed by atoms with van der Waals surface area (Å²) in [5.41, 5.74) is 2.37. The minimum Gasteiger partial charge on any atom is -0.444 e. The number of aliphatic hydroxyl groups is 1. The van der Waals surface area contributed by atoms with Gasteiger partial charge in [-0.1, -0.05) is 6.07 Å². The lowest BCUT2D eigenvalue weighted by molar-refractivity contribution is -0.00967. The maximum Gasteiger partial charge on any atom is 0.410 e. The van der Waals surface area contributed by atoms with Gasteiger partial charge < -0.3 is 14.7 Å². The molecule has 1 heterocycles. The molecule has 1 amide bonds. The molecule has 1 saturated heterocycles. The van der Waals surface area contributed by atoms with Crippen LogP contribution in [0, 0.1) is 11.3 Å². The fourth-order valence-corrected chi connectivity index (χ4v) is 3.79. The van der Waals surface area contributed by atoms with Gasteiger partial charge in [-0.3, -0.25) is 4.90 Å². The zero-order valence-corrected chi connectivity index (χ0v) is 15.7. The molecule has 1 N–H and O–H groups in total. The Labute approximate surface area is 155 Å². The number of aliphatic hydroxyl groups excluding tert-OH is 1. The van der Waals surface area contributed by atoms with Gasteiger partial charge >= 0.3 is 6.09 Å². The van der Waals surface area contributed by atoms with E-state index in [-0.39, 0.29) is 12.1 Å². The molecule has 140 valence electrons. The number of nitriles is 1. The Bertz CT molecular complexity index is 712. The van der Waals surface area contributed by atoms with Crippen LogP contribution in [0.25, 0.3) is 0 Å². The van der Waals surface area contributed by atoms with Crippen molar-refractivity contribution in [2.75, 3.05) is 26.2 Å². The minimum absolute atomic E-state index is 0.118. The highest BCUT2D eigenvalue weighted by Gasteiger charge is 2.36. The molecule has 1 fully saturated rings. The van der Waals surface area contributed by atoms with Gasteiger partial charge in [-0.2, -0.15) is 5.26 Å². The zero-order chi connectivity index (χ0) is 18.9. The van der Waals surface area contributed by atoms with Gasteiger partial charge in [0.25, 0.3) is 0 Å². The Hall–Kier alpha value is -2.10. The van der Waals surface area contributed by atoms with Crippen molar-refractivity contribution in [3.05, 3.63) is 34.9 Å². The number of hydrogen-bond donors (Lipinski definition) is 1. The number of benzene rings is 1. The summed E-state index contributed by atoms with van der Waals surface area (Å²) < 4.78 is 5.45. The molecule has 0 bridgehead atoms. The third-order valence-electron chi connectivity index (χ3n) is 5.03. The number of rotatable bonds is 1. The Morgan fingerprint density at radius 2 is 1.96 bits per heavy atom. The van der Waals surface area contributed by atoms with Gasteiger partial charge in [0.1, 0.15) is 5.60 Å². The lowest BCUT2D eigenvalue weighted by Crippen LogP contribution is -2.53. The van der Waals surface area contributed by atoms with E-state index < -0.39 is 11.7 Å². The van der Waals surface area contributed by atoms with Crippen molar-refractivity contribution in [3.8, 4) is 6.07 Å². The molecule has 6 nitrogen and oxygen atoms in total. The first kappa shape index (κ1) is 18.7. The quantitative estimate of drug-likeness (QED) is 0.835. The summed E-state index contributed by atoms with van der Waals surface area (Å²) in [5, 5.41) is 19.8. The van der Waals surface area contributed by atoms with E-state index in [0.29, 0.717) is 31.7 Å². The molecule has 1 aromatic rings. The third-order valence-corrected chi connectivity index (χ3v) is 5.03. The molecule has 0 unspecified atom stereocenters. The number of nitrogens with zero attached hydrogens (tertiary/aromatic N) is 3. The number of hydrogen-bond acceptors (Lipinski definition) is 5. The molecule has 3 rings (SSSR count). The van der Waals surface area contributed by atoms with E-state index in [9.17, 15) is 15.2 Å². The zero-order valence-electron chi connectivity index (χ0n) is 15.7. The Balaban J connectivity index is 1.72. The Morgan fingerprint density at radius 1 is 1.27 bits per heavy atom. The molecule has 2 aliphatic rings. The van der Waals surface area contributed by atoms with E-state index in [2.05, 4.69) is 11.0 Å². The monoisotopic (exact) mass is 357 g/mol. The maximum atomic E-state index is 12.2. The van der Waals surface area contributed by atoms with Gasteiger partial charge in [0.2, 0.25) is 0 Å². The van der Waals surface area contributed by atoms with E-state index in [4.69, 9.17) is 4.74 Å². The first-order valence-electron chi connectivity index (χ1n) is 9.21. The second kappa shape index (κ2) is 7.26. The topological polar surface area (TPSA) is 76.8 Å². The van der Waals surface area contributed by atoms with Crippen molar-refractivity contribution in [3.63, 3.8) is 0 Å². The molecule has 2 atom stereocenters. The maximum absolute atomic E-state index is 12.2. The largest absolute Gasteiger partial charge is 0.444 e. The second-order valence-corrected chi connectivity index (χ2v) is 8.08. The van der Waals surface area contributed by atoms with Gasteiger partial charge in [0, 0.05) is 26.2 Å². The van der Waals surface area contributed by atoms with Crippen LogP contribution in [-0.4, -0.2) is 58.9 Å². The first-order chi connectivity index (χ1) is 12.3. The van der Waals surface area contributed by atoms with Crippen LogP contribution >= 0.6 is 0 Å². The molecule has 0 spiro atoms. The number of piperazine rings is 1. The van der Waals surface area contributed by atoms with Gasteiger partial charge in [0.15, 0.2) is 0 Å². The van der Waals surface area contributed by atoms with Crippen molar-refractivity contribution < 1.29 is 14.6 Å². The summed E-state index contributed by atoms with van der Waals surface area (Å²) >= 11 is 0. The minimum atomic E-state index is -0.500. The average molecular weight is 357 g/mol. The van der Waals surface area contributed by atoms with E-state index in [1.807, 2.05) is 39.0 Å². The number of carbonyl (C=O) groups excluding carboxylic acids is 1. The number of fused-ring (bicyclic) bond motifs is 1. The number of amides is 1. The molecule has 1 aliphatic carbocycles. The number of ether oxygens (including phenoxy) is 1. The lowest BCUT2D eigenvalue weighted by atomic mass is 9.83. The standard InChI is InChI=1S/C20H27N3O3/c1-20(2,3)26-19(25)23-10-8-22(9-11-23)18-16-12-14(13-21)4-5-15(16)6-7-17(18)24/h4-5,12,17-18,24H,6-11H2,1-3H3/t17-,18-/m1/s1. The van der Waals surface area contributed by atoms with Gasteiger partial charge in [-0.25, -0.2) is 4.79 Å². The van der Waals surface area contributed by atoms with Crippen LogP contribution in [0.1, 0.15) is 49.9 Å². The molecule has 26 heavy (non-hydrogen) atoms. The van der Waals surface area contributed by atoms with Crippen LogP contribution in [0.3, 0.4) is 0 Å². The van der Waals surface area contributed by atoms with E-state index >= 15 is 0 Å². The molecule has 0 radical (unpaired) electrons. The fourth-order valence-electron chi connectivity index (χ4n) is 3.79. The molecule has 6 heteroatoms. The van der Waals surface area contributed by atoms with Crippen molar-refractivity contribution in [2.45, 2.75) is 51.4 Å². The van der Waals surface area contributed by atoms with Crippen LogP contribution in [0.5, 0.6) is 0 Å². The highest BCUT2D eigenvalue weighted by atomic mass is 16.6. The molecule has 1 aromatic carbocycles. The molecular formula is C20H27N3O3. The highest BCUT2D eigenvalue weighted by molar-refractivity contribution is 5.68. The van der Waals surface area contributed by atoms with Crippen molar-refractivity contribution >= 4 is 6.09 Å². The smallest absolute Gasteiger partial charge is 0.410 e. The summed E-state index contributed by atoms with van der Waals surface area (Å²) in [6, 6.07) is 7.82. The Kier molecular flexibility index (Phi) is 5.22. The van der Waals surface area contributed by atoms with Crippen LogP contribution in [0.2, 0.25) is 0 Å². The molecule has 0 saturated carbocycles. The van der Waals surface area contributed by atoms with Crippen LogP contribution in [0.15, 0.2) is 18.2 Å². The summed E-state index contributed by atoms with van der Waals surface area (Å²) in [6.45, 7) is 8.10. The van der Waals surface area contributed by atoms with Gasteiger partial charge in [-0.05, 0) is 56.9 Å². The third kappa shape index (κ3) is 4.00. The molecular weight excluding hydrogens is 330 g/mol. The molecule has 1 aliphatic heterocycles. The summed E-state index contributed by atoms with van der Waals surface area (Å²) in [5.74, 6) is 0. The van der Waals surface area contributed by atoms with E-state index in [1.54, 1.807) is 4.90 Å². The first-order valence-corrected chi connectivity index (χ1v) is 9.21. The number of carbonyl (C=O) groups is 1. The molecule has 0 aromatic heterocycles. The highest BCUT2D eigenvalue weighted by Crippen LogP contribution is 2.35. The summed E-state index contributed by atoms with van der Waals surface area (Å²) in [6.07, 6.45) is 0.810. The summed E-state index contributed by atoms with van der Waals surface area (Å²) in [4.78, 5) is 16.2. The van der Waals surface area contributed by atoms with Crippen molar-refractivity contribution in [1.29, 1.82) is 5.26 Å². The Morgan fingerprint density at radius 3 is 2.58 bits per heavy atom. The SMILES string of the molecule is CC(C)(C)OC(=O)N1CCN([C@@H]2c3cc(C#N)ccc3CC[C@H]2O)CC1. The second-order valence-electron chi connectivity index (χ2n) is 8.08. The van der Waals surface area contributed by atoms with Crippen molar-refractivity contribution in [1.82, 2.24) is 9.80 Å². The predicted molar refractivity (Wildman–Crippen MR) is 97.6 cm³/mol. The van der Waals surface area contributed by atoms with E-state index in [0.717, 1.165) is 18.4 Å². The van der Waals surface area contributed by atoms with Crippen LogP contribution in [0.4, 0.5) is 4.79 Å². The van der Waals surface area contributed by atoms with Crippen LogP contribution < -0.4 is 0 Å². The lowest BCUT2D eigenvalue weighted by Gasteiger charge is -2.43. The van der Waals surface area contributed by atoms with Gasteiger partial charge in [0.05, 0.1) is 23.8 Å². The summed E-state index contributed by atoms with van der Waals surface area (Å²) in [7, 11) is 0. The number of aryl methyl sites for hydroxylation is 1. The predicted octanol–water partition coefficient (Wildman–Crippen LogP) is 2.46. The normalized spacial score (nSPS) is 23.9. The van der Waals surface area contributed by atoms with Crippen molar-refractivity contribution in [2.24, 2.45) is 0 Å². The van der Waals surface area contributed by atoms with Crippen LogP contribution in [-0.2, 0) is 11.2 Å². The van der Waals surface area contributed by atoms with Gasteiger partial charge in [-0.15, -0.1) is 0 Å². The van der Waals surface area contributed by atoms with E-state index in [1.165, 1.54) is 5.56 Å². The fraction of sp³-hybridized carbons (Fsp3) is 0.600. The average Bonchev–Trinajstić information content (AvgIpc) is 2.60.